The van der Waals surface area contributed by atoms with Crippen molar-refractivity contribution in [1.82, 2.24) is 4.98 Å². The average molecular weight is 421 g/mol. The van der Waals surface area contributed by atoms with Gasteiger partial charge in [-0.15, -0.1) is 0 Å². The van der Waals surface area contributed by atoms with Crippen molar-refractivity contribution < 1.29 is 9.21 Å². The number of carbonyl (C=O) groups is 1. The summed E-state index contributed by atoms with van der Waals surface area (Å²) in [6, 6.07) is 19.0. The molecule has 1 amide bonds. The molecule has 0 saturated carbocycles. The fraction of sp³-hybridized carbons (Fsp3) is 0.0909. The maximum atomic E-state index is 12.6. The molecule has 0 aliphatic heterocycles. The first-order chi connectivity index (χ1) is 13.0. The van der Waals surface area contributed by atoms with Crippen LogP contribution in [0.25, 0.3) is 22.6 Å². The molecule has 4 nitrogen and oxygen atoms in total. The molecule has 0 bridgehead atoms. The van der Waals surface area contributed by atoms with Gasteiger partial charge in [-0.25, -0.2) is 4.98 Å². The minimum absolute atomic E-state index is 0.162. The van der Waals surface area contributed by atoms with Gasteiger partial charge in [-0.2, -0.15) is 0 Å². The van der Waals surface area contributed by atoms with Crippen molar-refractivity contribution in [3.05, 3.63) is 81.8 Å². The molecule has 0 aliphatic rings. The Morgan fingerprint density at radius 1 is 1.00 bits per heavy atom. The van der Waals surface area contributed by atoms with Gasteiger partial charge in [-0.05, 0) is 61.4 Å². The maximum Gasteiger partial charge on any atom is 0.255 e. The lowest BCUT2D eigenvalue weighted by Gasteiger charge is -2.10. The molecule has 134 valence electrons. The van der Waals surface area contributed by atoms with Crippen LogP contribution in [0.4, 0.5) is 5.69 Å². The van der Waals surface area contributed by atoms with E-state index in [9.17, 15) is 4.79 Å². The van der Waals surface area contributed by atoms with Gasteiger partial charge in [0.25, 0.3) is 5.91 Å². The van der Waals surface area contributed by atoms with E-state index >= 15 is 0 Å². The van der Waals surface area contributed by atoms with Crippen LogP contribution in [0.2, 0.25) is 0 Å². The Hall–Kier alpha value is -2.92. The average Bonchev–Trinajstić information content (AvgIpc) is 3.09. The highest BCUT2D eigenvalue weighted by atomic mass is 79.9. The molecule has 0 radical (unpaired) electrons. The molecule has 27 heavy (non-hydrogen) atoms. The lowest BCUT2D eigenvalue weighted by Crippen LogP contribution is -2.12. The van der Waals surface area contributed by atoms with Crippen LogP contribution >= 0.6 is 15.9 Å². The van der Waals surface area contributed by atoms with Crippen molar-refractivity contribution in [3.63, 3.8) is 0 Å². The topological polar surface area (TPSA) is 55.1 Å². The summed E-state index contributed by atoms with van der Waals surface area (Å²) in [4.78, 5) is 17.2. The van der Waals surface area contributed by atoms with Crippen LogP contribution in [-0.2, 0) is 0 Å². The Kier molecular flexibility index (Phi) is 4.54. The number of fused-ring (bicyclic) bond motifs is 1. The molecule has 0 spiro atoms. The third kappa shape index (κ3) is 3.51. The van der Waals surface area contributed by atoms with Crippen LogP contribution in [0.1, 0.15) is 21.5 Å². The van der Waals surface area contributed by atoms with Gasteiger partial charge in [0.05, 0.1) is 0 Å². The van der Waals surface area contributed by atoms with Gasteiger partial charge < -0.3 is 9.73 Å². The number of hydrogen-bond donors (Lipinski definition) is 1. The molecule has 1 heterocycles. The molecular formula is C22H17BrN2O2. The number of amides is 1. The molecule has 0 fully saturated rings. The number of halogens is 1. The van der Waals surface area contributed by atoms with E-state index < -0.39 is 0 Å². The summed E-state index contributed by atoms with van der Waals surface area (Å²) >= 11 is 3.39. The second-order valence-corrected chi connectivity index (χ2v) is 7.35. The van der Waals surface area contributed by atoms with Gasteiger partial charge in [-0.3, -0.25) is 4.79 Å². The van der Waals surface area contributed by atoms with E-state index in [4.69, 9.17) is 4.42 Å². The van der Waals surface area contributed by atoms with E-state index in [-0.39, 0.29) is 5.91 Å². The van der Waals surface area contributed by atoms with Crippen molar-refractivity contribution in [2.45, 2.75) is 13.8 Å². The zero-order chi connectivity index (χ0) is 19.0. The summed E-state index contributed by atoms with van der Waals surface area (Å²) in [7, 11) is 0. The number of hydrogen-bond acceptors (Lipinski definition) is 3. The van der Waals surface area contributed by atoms with Gasteiger partial charge >= 0.3 is 0 Å². The van der Waals surface area contributed by atoms with Crippen molar-refractivity contribution >= 4 is 38.6 Å². The maximum absolute atomic E-state index is 12.6. The number of anilines is 1. The number of aryl methyl sites for hydroxylation is 2. The lowest BCUT2D eigenvalue weighted by atomic mass is 10.1. The largest absolute Gasteiger partial charge is 0.436 e. The number of benzene rings is 3. The summed E-state index contributed by atoms with van der Waals surface area (Å²) in [6.45, 7) is 3.96. The first-order valence-electron chi connectivity index (χ1n) is 8.55. The number of nitrogens with one attached hydrogen (secondary N) is 1. The van der Waals surface area contributed by atoms with Crippen LogP contribution in [0.5, 0.6) is 0 Å². The number of carbonyl (C=O) groups excluding carboxylic acids is 1. The highest BCUT2D eigenvalue weighted by molar-refractivity contribution is 9.10. The van der Waals surface area contributed by atoms with Gasteiger partial charge in [-0.1, -0.05) is 40.2 Å². The minimum atomic E-state index is -0.162. The Bertz CT molecular complexity index is 1160. The van der Waals surface area contributed by atoms with Crippen LogP contribution in [0.3, 0.4) is 0 Å². The van der Waals surface area contributed by atoms with E-state index in [2.05, 4.69) is 26.2 Å². The van der Waals surface area contributed by atoms with Gasteiger partial charge in [0.15, 0.2) is 5.58 Å². The van der Waals surface area contributed by atoms with E-state index in [0.29, 0.717) is 11.5 Å². The zero-order valence-corrected chi connectivity index (χ0v) is 16.5. The van der Waals surface area contributed by atoms with E-state index in [1.807, 2.05) is 62.4 Å². The van der Waals surface area contributed by atoms with Gasteiger partial charge in [0.1, 0.15) is 5.52 Å². The summed E-state index contributed by atoms with van der Waals surface area (Å²) < 4.78 is 6.77. The summed E-state index contributed by atoms with van der Waals surface area (Å²) in [5, 5.41) is 2.98. The Balaban J connectivity index is 1.68. The third-order valence-corrected chi connectivity index (χ3v) is 4.93. The first kappa shape index (κ1) is 17.5. The molecule has 4 aromatic rings. The summed E-state index contributed by atoms with van der Waals surface area (Å²) in [5.41, 5.74) is 5.79. The second kappa shape index (κ2) is 7.00. The number of oxazole rings is 1. The normalized spacial score (nSPS) is 10.9. The molecule has 3 aromatic carbocycles. The quantitative estimate of drug-likeness (QED) is 0.433. The van der Waals surface area contributed by atoms with Crippen molar-refractivity contribution in [2.24, 2.45) is 0 Å². The number of aromatic nitrogens is 1. The van der Waals surface area contributed by atoms with Gasteiger partial charge in [0, 0.05) is 21.3 Å². The molecule has 0 aliphatic carbocycles. The lowest BCUT2D eigenvalue weighted by molar-refractivity contribution is 0.102. The van der Waals surface area contributed by atoms with E-state index in [0.717, 1.165) is 38.0 Å². The van der Waals surface area contributed by atoms with Crippen LogP contribution < -0.4 is 5.32 Å². The fourth-order valence-corrected chi connectivity index (χ4v) is 3.32. The molecule has 1 N–H and O–H groups in total. The molecule has 0 saturated heterocycles. The fourth-order valence-electron chi connectivity index (χ4n) is 2.92. The smallest absolute Gasteiger partial charge is 0.255 e. The Morgan fingerprint density at radius 3 is 2.59 bits per heavy atom. The molecular weight excluding hydrogens is 404 g/mol. The minimum Gasteiger partial charge on any atom is -0.436 e. The van der Waals surface area contributed by atoms with E-state index in [1.54, 1.807) is 12.1 Å². The standard InChI is InChI=1S/C22H17BrN2O2/c1-13-9-10-16(22-25-20-14(2)5-3-8-19(20)27-22)12-18(13)24-21(26)15-6-4-7-17(23)11-15/h3-12H,1-2H3,(H,24,26). The monoisotopic (exact) mass is 420 g/mol. The number of nitrogens with zero attached hydrogens (tertiary/aromatic N) is 1. The molecule has 5 heteroatoms. The second-order valence-electron chi connectivity index (χ2n) is 6.43. The van der Waals surface area contributed by atoms with Crippen LogP contribution in [0, 0.1) is 13.8 Å². The number of rotatable bonds is 3. The Labute approximate surface area is 165 Å². The molecule has 1 aromatic heterocycles. The summed E-state index contributed by atoms with van der Waals surface area (Å²) in [5.74, 6) is 0.377. The highest BCUT2D eigenvalue weighted by Gasteiger charge is 2.13. The number of para-hydroxylation sites is 1. The van der Waals surface area contributed by atoms with Crippen LogP contribution in [-0.4, -0.2) is 10.9 Å². The highest BCUT2D eigenvalue weighted by Crippen LogP contribution is 2.29. The Morgan fingerprint density at radius 2 is 1.81 bits per heavy atom. The predicted octanol–water partition coefficient (Wildman–Crippen LogP) is 6.13. The zero-order valence-electron chi connectivity index (χ0n) is 14.9. The van der Waals surface area contributed by atoms with Crippen molar-refractivity contribution in [1.29, 1.82) is 0 Å². The molecule has 0 atom stereocenters. The predicted molar refractivity (Wildman–Crippen MR) is 111 cm³/mol. The summed E-state index contributed by atoms with van der Waals surface area (Å²) in [6.07, 6.45) is 0. The molecule has 0 unspecified atom stereocenters. The van der Waals surface area contributed by atoms with Gasteiger partial charge in [0.2, 0.25) is 5.89 Å². The first-order valence-corrected chi connectivity index (χ1v) is 9.34. The third-order valence-electron chi connectivity index (χ3n) is 4.44. The van der Waals surface area contributed by atoms with E-state index in [1.165, 1.54) is 0 Å². The molecule has 4 rings (SSSR count). The van der Waals surface area contributed by atoms with Crippen LogP contribution in [0.15, 0.2) is 69.6 Å². The SMILES string of the molecule is Cc1ccc(-c2nc3c(C)cccc3o2)cc1NC(=O)c1cccc(Br)c1. The van der Waals surface area contributed by atoms with Crippen molar-refractivity contribution in [2.75, 3.05) is 5.32 Å². The van der Waals surface area contributed by atoms with Crippen molar-refractivity contribution in [3.8, 4) is 11.5 Å².